The van der Waals surface area contributed by atoms with Crippen molar-refractivity contribution >= 4 is 5.69 Å². The number of likely N-dealkylation sites (N-methyl/N-ethyl adjacent to an activating group) is 1. The number of nitrogens with zero attached hydrogens (tertiary/aromatic N) is 4. The third-order valence-electron chi connectivity index (χ3n) is 7.39. The van der Waals surface area contributed by atoms with Gasteiger partial charge in [-0.25, -0.2) is 4.98 Å². The van der Waals surface area contributed by atoms with E-state index in [0.29, 0.717) is 12.1 Å². The average Bonchev–Trinajstić information content (AvgIpc) is 3.43. The Labute approximate surface area is 204 Å². The lowest BCUT2D eigenvalue weighted by molar-refractivity contribution is 0.0990. The summed E-state index contributed by atoms with van der Waals surface area (Å²) in [5.41, 5.74) is 4.95. The number of aryl methyl sites for hydroxylation is 1. The van der Waals surface area contributed by atoms with Crippen molar-refractivity contribution in [2.24, 2.45) is 0 Å². The maximum absolute atomic E-state index is 6.38. The lowest BCUT2D eigenvalue weighted by Gasteiger charge is -2.26. The summed E-state index contributed by atoms with van der Waals surface area (Å²) in [6.07, 6.45) is 17.6. The Bertz CT molecular complexity index is 1030. The molecule has 2 fully saturated rings. The van der Waals surface area contributed by atoms with Crippen molar-refractivity contribution in [1.82, 2.24) is 19.8 Å². The molecule has 0 spiro atoms. The van der Waals surface area contributed by atoms with E-state index in [1.165, 1.54) is 23.4 Å². The molecule has 2 aliphatic heterocycles. The van der Waals surface area contributed by atoms with Crippen LogP contribution in [0.1, 0.15) is 49.8 Å². The first kappa shape index (κ1) is 23.2. The molecule has 1 aromatic heterocycles. The minimum atomic E-state index is 0.324. The van der Waals surface area contributed by atoms with E-state index < -0.39 is 0 Å². The van der Waals surface area contributed by atoms with Crippen LogP contribution in [0.5, 0.6) is 0 Å². The van der Waals surface area contributed by atoms with Crippen molar-refractivity contribution in [2.75, 3.05) is 38.1 Å². The number of ether oxygens (including phenoxy) is 1. The first-order valence-corrected chi connectivity index (χ1v) is 13.0. The summed E-state index contributed by atoms with van der Waals surface area (Å²) in [4.78, 5) is 9.61. The minimum absolute atomic E-state index is 0.324. The van der Waals surface area contributed by atoms with E-state index in [4.69, 9.17) is 4.74 Å². The summed E-state index contributed by atoms with van der Waals surface area (Å²) >= 11 is 0. The Kier molecular flexibility index (Phi) is 7.36. The van der Waals surface area contributed by atoms with E-state index in [-0.39, 0.29) is 0 Å². The zero-order valence-electron chi connectivity index (χ0n) is 20.7. The Hall–Kier alpha value is -2.57. The van der Waals surface area contributed by atoms with Gasteiger partial charge < -0.3 is 19.5 Å². The first-order valence-electron chi connectivity index (χ1n) is 13.0. The third kappa shape index (κ3) is 5.73. The Morgan fingerprint density at radius 1 is 1.09 bits per heavy atom. The van der Waals surface area contributed by atoms with E-state index in [1.54, 1.807) is 0 Å². The summed E-state index contributed by atoms with van der Waals surface area (Å²) < 4.78 is 8.55. The number of rotatable bonds is 7. The van der Waals surface area contributed by atoms with E-state index >= 15 is 0 Å². The fourth-order valence-electron chi connectivity index (χ4n) is 5.45. The zero-order chi connectivity index (χ0) is 23.3. The molecule has 0 radical (unpaired) electrons. The van der Waals surface area contributed by atoms with Gasteiger partial charge in [0, 0.05) is 69.2 Å². The van der Waals surface area contributed by atoms with Crippen molar-refractivity contribution in [3.8, 4) is 5.69 Å². The second-order valence-electron chi connectivity index (χ2n) is 10.0. The lowest BCUT2D eigenvalue weighted by atomic mass is 10.1. The molecule has 34 heavy (non-hydrogen) atoms. The van der Waals surface area contributed by atoms with Crippen molar-refractivity contribution in [3.63, 3.8) is 0 Å². The van der Waals surface area contributed by atoms with E-state index in [1.807, 2.05) is 6.33 Å². The highest BCUT2D eigenvalue weighted by Crippen LogP contribution is 2.28. The maximum Gasteiger partial charge on any atom is 0.1000 e. The van der Waals surface area contributed by atoms with Crippen molar-refractivity contribution in [1.29, 1.82) is 0 Å². The molecule has 2 saturated heterocycles. The standard InChI is InChI=1S/C28H39N5O/c1-22-18-33(21-30-22)26-16-23(19-31-13-10-24(20-31)29-2)15-25(17-26)32-12-6-9-28(11-14-32)34-27-7-4-3-5-8-27/h3-4,7,15-18,21,24,28-29H,5-6,8-14,19-20H2,1-2H3. The van der Waals surface area contributed by atoms with Crippen molar-refractivity contribution < 1.29 is 4.74 Å². The molecule has 2 aromatic rings. The smallest absolute Gasteiger partial charge is 0.1000 e. The summed E-state index contributed by atoms with van der Waals surface area (Å²) in [7, 11) is 2.08. The largest absolute Gasteiger partial charge is 0.495 e. The molecule has 2 atom stereocenters. The molecule has 0 amide bonds. The van der Waals surface area contributed by atoms with Crippen molar-refractivity contribution in [3.05, 3.63) is 66.0 Å². The normalized spacial score (nSPS) is 23.7. The Morgan fingerprint density at radius 2 is 2.00 bits per heavy atom. The van der Waals surface area contributed by atoms with Gasteiger partial charge in [-0.3, -0.25) is 4.90 Å². The van der Waals surface area contributed by atoms with Gasteiger partial charge in [-0.2, -0.15) is 0 Å². The number of benzene rings is 1. The number of aromatic nitrogens is 2. The molecule has 2 unspecified atom stereocenters. The van der Waals surface area contributed by atoms with Crippen LogP contribution in [0.4, 0.5) is 5.69 Å². The fourth-order valence-corrected chi connectivity index (χ4v) is 5.45. The monoisotopic (exact) mass is 461 g/mol. The van der Waals surface area contributed by atoms with E-state index in [2.05, 4.69) is 81.3 Å². The number of allylic oxidation sites excluding steroid dienone is 4. The van der Waals surface area contributed by atoms with Crippen LogP contribution in [0.3, 0.4) is 0 Å². The number of hydrogen-bond acceptors (Lipinski definition) is 5. The van der Waals surface area contributed by atoms with Gasteiger partial charge in [-0.15, -0.1) is 0 Å². The van der Waals surface area contributed by atoms with Gasteiger partial charge in [0.1, 0.15) is 0 Å². The molecule has 3 heterocycles. The average molecular weight is 462 g/mol. The van der Waals surface area contributed by atoms with E-state index in [0.717, 1.165) is 76.3 Å². The fraction of sp³-hybridized carbons (Fsp3) is 0.536. The lowest BCUT2D eigenvalue weighted by Crippen LogP contribution is -2.29. The van der Waals surface area contributed by atoms with Crippen LogP contribution >= 0.6 is 0 Å². The molecule has 6 heteroatoms. The van der Waals surface area contributed by atoms with Crippen LogP contribution in [-0.4, -0.2) is 59.8 Å². The Morgan fingerprint density at radius 3 is 2.76 bits per heavy atom. The minimum Gasteiger partial charge on any atom is -0.495 e. The second-order valence-corrected chi connectivity index (χ2v) is 10.0. The molecule has 1 N–H and O–H groups in total. The maximum atomic E-state index is 6.38. The molecule has 3 aliphatic rings. The summed E-state index contributed by atoms with van der Waals surface area (Å²) in [5, 5.41) is 3.44. The van der Waals surface area contributed by atoms with E-state index in [9.17, 15) is 0 Å². The zero-order valence-corrected chi connectivity index (χ0v) is 20.7. The molecule has 6 nitrogen and oxygen atoms in total. The highest BCUT2D eigenvalue weighted by Gasteiger charge is 2.23. The van der Waals surface area contributed by atoms with Gasteiger partial charge >= 0.3 is 0 Å². The summed E-state index contributed by atoms with van der Waals surface area (Å²) in [6, 6.07) is 7.69. The molecule has 5 rings (SSSR count). The number of nitrogens with one attached hydrogen (secondary N) is 1. The van der Waals surface area contributed by atoms with Crippen LogP contribution in [-0.2, 0) is 11.3 Å². The first-order chi connectivity index (χ1) is 16.7. The number of likely N-dealkylation sites (tertiary alicyclic amines) is 1. The van der Waals surface area contributed by atoms with Gasteiger partial charge in [0.25, 0.3) is 0 Å². The number of imidazole rings is 1. The Balaban J connectivity index is 1.33. The molecule has 0 bridgehead atoms. The highest BCUT2D eigenvalue weighted by molar-refractivity contribution is 5.56. The van der Waals surface area contributed by atoms with Crippen LogP contribution in [0.25, 0.3) is 5.69 Å². The van der Waals surface area contributed by atoms with Gasteiger partial charge in [0.15, 0.2) is 0 Å². The summed E-state index contributed by atoms with van der Waals surface area (Å²) in [6.45, 7) is 7.43. The van der Waals surface area contributed by atoms with Crippen LogP contribution < -0.4 is 10.2 Å². The molecule has 182 valence electrons. The van der Waals surface area contributed by atoms with Crippen LogP contribution in [0.2, 0.25) is 0 Å². The molecular formula is C28H39N5O. The summed E-state index contributed by atoms with van der Waals surface area (Å²) in [5.74, 6) is 1.16. The van der Waals surface area contributed by atoms with Gasteiger partial charge in [0.05, 0.1) is 23.9 Å². The predicted octanol–water partition coefficient (Wildman–Crippen LogP) is 4.58. The van der Waals surface area contributed by atoms with Gasteiger partial charge in [-0.05, 0) is 69.5 Å². The molecule has 0 saturated carbocycles. The molecule has 1 aliphatic carbocycles. The SMILES string of the molecule is CNC1CCN(Cc2cc(N3CCCC(OC4=CC=CCC4)CC3)cc(-n3cnc(C)c3)c2)C1. The number of hydrogen-bond donors (Lipinski definition) is 1. The molecule has 1 aromatic carbocycles. The van der Waals surface area contributed by atoms with Crippen LogP contribution in [0.15, 0.2) is 54.7 Å². The van der Waals surface area contributed by atoms with Crippen LogP contribution in [0, 0.1) is 6.92 Å². The molecular weight excluding hydrogens is 422 g/mol. The third-order valence-corrected chi connectivity index (χ3v) is 7.39. The predicted molar refractivity (Wildman–Crippen MR) is 138 cm³/mol. The quantitative estimate of drug-likeness (QED) is 0.654. The topological polar surface area (TPSA) is 45.6 Å². The second kappa shape index (κ2) is 10.8. The number of anilines is 1. The van der Waals surface area contributed by atoms with Gasteiger partial charge in [-0.1, -0.05) is 12.2 Å². The van der Waals surface area contributed by atoms with Gasteiger partial charge in [0.2, 0.25) is 0 Å². The van der Waals surface area contributed by atoms with Crippen molar-refractivity contribution in [2.45, 2.75) is 64.1 Å². The highest BCUT2D eigenvalue weighted by atomic mass is 16.5.